The monoisotopic (exact) mass is 461 g/mol. The highest BCUT2D eigenvalue weighted by atomic mass is 35.5. The molecule has 0 aliphatic carbocycles. The highest BCUT2D eigenvalue weighted by Crippen LogP contribution is 2.42. The van der Waals surface area contributed by atoms with Gasteiger partial charge in [0.25, 0.3) is 5.56 Å². The van der Waals surface area contributed by atoms with Crippen molar-refractivity contribution in [3.05, 3.63) is 99.1 Å². The Hall–Kier alpha value is -3.09. The van der Waals surface area contributed by atoms with E-state index in [1.807, 2.05) is 74.5 Å². The minimum absolute atomic E-state index is 0.0271. The summed E-state index contributed by atoms with van der Waals surface area (Å²) in [6.07, 6.45) is 0. The summed E-state index contributed by atoms with van der Waals surface area (Å²) in [4.78, 5) is 32.6. The zero-order valence-corrected chi connectivity index (χ0v) is 19.2. The molecule has 1 aliphatic heterocycles. The molecule has 5 nitrogen and oxygen atoms in total. The predicted octanol–water partition coefficient (Wildman–Crippen LogP) is 5.43. The van der Waals surface area contributed by atoms with Crippen LogP contribution >= 0.6 is 23.4 Å². The molecular formula is C25H20ClN3O2S. The first-order valence-corrected chi connectivity index (χ1v) is 11.7. The van der Waals surface area contributed by atoms with Crippen molar-refractivity contribution in [1.29, 1.82) is 0 Å². The number of para-hydroxylation sites is 1. The molecule has 0 radical (unpaired) electrons. The average Bonchev–Trinajstić information content (AvgIpc) is 3.16. The van der Waals surface area contributed by atoms with E-state index in [2.05, 4.69) is 0 Å². The normalized spacial score (nSPS) is 16.2. The van der Waals surface area contributed by atoms with Gasteiger partial charge in [0.1, 0.15) is 11.2 Å². The van der Waals surface area contributed by atoms with Gasteiger partial charge in [-0.3, -0.25) is 19.1 Å². The second kappa shape index (κ2) is 8.11. The Morgan fingerprint density at radius 2 is 1.75 bits per heavy atom. The van der Waals surface area contributed by atoms with Crippen LogP contribution in [0.1, 0.15) is 22.3 Å². The Labute approximate surface area is 194 Å². The molecule has 5 rings (SSSR count). The van der Waals surface area contributed by atoms with E-state index in [1.54, 1.807) is 27.3 Å². The van der Waals surface area contributed by atoms with Gasteiger partial charge in [-0.2, -0.15) is 0 Å². The van der Waals surface area contributed by atoms with Crippen molar-refractivity contribution in [2.45, 2.75) is 19.2 Å². The first-order valence-electron chi connectivity index (χ1n) is 10.2. The van der Waals surface area contributed by atoms with Crippen molar-refractivity contribution in [2.75, 3.05) is 10.7 Å². The maximum atomic E-state index is 13.3. The van der Waals surface area contributed by atoms with Crippen LogP contribution in [-0.4, -0.2) is 21.2 Å². The molecule has 1 aromatic heterocycles. The van der Waals surface area contributed by atoms with Gasteiger partial charge in [0.2, 0.25) is 5.91 Å². The van der Waals surface area contributed by atoms with Crippen molar-refractivity contribution in [3.8, 4) is 5.69 Å². The fourth-order valence-corrected chi connectivity index (χ4v) is 5.41. The molecule has 0 bridgehead atoms. The average molecular weight is 462 g/mol. The van der Waals surface area contributed by atoms with Gasteiger partial charge >= 0.3 is 0 Å². The number of carbonyl (C=O) groups is 1. The summed E-state index contributed by atoms with van der Waals surface area (Å²) in [5, 5.41) is 1.03. The van der Waals surface area contributed by atoms with E-state index >= 15 is 0 Å². The first kappa shape index (κ1) is 20.8. The van der Waals surface area contributed by atoms with E-state index in [0.29, 0.717) is 27.5 Å². The number of hydrogen-bond acceptors (Lipinski definition) is 4. The van der Waals surface area contributed by atoms with Gasteiger partial charge in [0, 0.05) is 10.7 Å². The van der Waals surface area contributed by atoms with Crippen molar-refractivity contribution >= 4 is 45.9 Å². The summed E-state index contributed by atoms with van der Waals surface area (Å²) in [6.45, 7) is 3.80. The van der Waals surface area contributed by atoms with Gasteiger partial charge in [-0.15, -0.1) is 11.8 Å². The molecule has 1 fully saturated rings. The van der Waals surface area contributed by atoms with Gasteiger partial charge in [-0.1, -0.05) is 41.9 Å². The Bertz CT molecular complexity index is 1420. The van der Waals surface area contributed by atoms with Gasteiger partial charge in [0.15, 0.2) is 0 Å². The van der Waals surface area contributed by atoms with E-state index in [-0.39, 0.29) is 16.8 Å². The lowest BCUT2D eigenvalue weighted by molar-refractivity contribution is -0.115. The number of aromatic nitrogens is 2. The predicted molar refractivity (Wildman–Crippen MR) is 131 cm³/mol. The number of rotatable bonds is 3. The molecule has 1 unspecified atom stereocenters. The number of aryl methyl sites for hydroxylation is 2. The van der Waals surface area contributed by atoms with Crippen LogP contribution in [0.2, 0.25) is 5.02 Å². The third kappa shape index (κ3) is 3.49. The topological polar surface area (TPSA) is 55.2 Å². The van der Waals surface area contributed by atoms with E-state index in [1.165, 1.54) is 0 Å². The Kier molecular flexibility index (Phi) is 5.27. The number of amides is 1. The van der Waals surface area contributed by atoms with Gasteiger partial charge < -0.3 is 0 Å². The lowest BCUT2D eigenvalue weighted by Crippen LogP contribution is -2.28. The molecule has 1 amide bonds. The molecule has 32 heavy (non-hydrogen) atoms. The van der Waals surface area contributed by atoms with Crippen LogP contribution in [0.3, 0.4) is 0 Å². The van der Waals surface area contributed by atoms with Crippen LogP contribution in [0, 0.1) is 13.8 Å². The minimum Gasteiger partial charge on any atom is -0.295 e. The van der Waals surface area contributed by atoms with Crippen molar-refractivity contribution in [3.63, 3.8) is 0 Å². The fourth-order valence-electron chi connectivity index (χ4n) is 4.11. The van der Waals surface area contributed by atoms with Crippen LogP contribution in [0.4, 0.5) is 5.69 Å². The number of halogens is 1. The lowest BCUT2D eigenvalue weighted by atomic mass is 10.1. The maximum Gasteiger partial charge on any atom is 0.265 e. The Morgan fingerprint density at radius 1 is 1.00 bits per heavy atom. The Morgan fingerprint density at radius 3 is 2.50 bits per heavy atom. The van der Waals surface area contributed by atoms with Crippen molar-refractivity contribution in [1.82, 2.24) is 9.55 Å². The van der Waals surface area contributed by atoms with E-state index in [4.69, 9.17) is 16.6 Å². The lowest BCUT2D eigenvalue weighted by Gasteiger charge is -2.24. The van der Waals surface area contributed by atoms with Crippen LogP contribution in [-0.2, 0) is 4.79 Å². The largest absolute Gasteiger partial charge is 0.295 e. The molecule has 160 valence electrons. The van der Waals surface area contributed by atoms with Crippen molar-refractivity contribution < 1.29 is 4.79 Å². The molecule has 0 N–H and O–H groups in total. The first-order chi connectivity index (χ1) is 15.4. The molecule has 1 aliphatic rings. The molecular weight excluding hydrogens is 442 g/mol. The van der Waals surface area contributed by atoms with Crippen LogP contribution in [0.25, 0.3) is 16.6 Å². The van der Waals surface area contributed by atoms with Gasteiger partial charge in [-0.05, 0) is 61.4 Å². The molecule has 0 spiro atoms. The Balaban J connectivity index is 1.61. The third-order valence-corrected chi connectivity index (χ3v) is 7.14. The summed E-state index contributed by atoms with van der Waals surface area (Å²) in [5.41, 5.74) is 4.01. The maximum absolute atomic E-state index is 13.3. The van der Waals surface area contributed by atoms with E-state index in [0.717, 1.165) is 22.5 Å². The second-order valence-electron chi connectivity index (χ2n) is 7.77. The third-order valence-electron chi connectivity index (χ3n) is 5.68. The molecule has 1 atom stereocenters. The van der Waals surface area contributed by atoms with Gasteiger partial charge in [0.05, 0.1) is 22.3 Å². The van der Waals surface area contributed by atoms with Gasteiger partial charge in [-0.25, -0.2) is 4.98 Å². The van der Waals surface area contributed by atoms with E-state index in [9.17, 15) is 9.59 Å². The summed E-state index contributed by atoms with van der Waals surface area (Å²) in [5.74, 6) is 1.02. The minimum atomic E-state index is -0.148. The molecule has 0 saturated carbocycles. The molecule has 1 saturated heterocycles. The molecule has 2 heterocycles. The number of thioether (sulfide) groups is 1. The zero-order chi connectivity index (χ0) is 22.4. The zero-order valence-electron chi connectivity index (χ0n) is 17.6. The highest BCUT2D eigenvalue weighted by Gasteiger charge is 2.34. The smallest absolute Gasteiger partial charge is 0.265 e. The van der Waals surface area contributed by atoms with Crippen LogP contribution in [0.5, 0.6) is 0 Å². The number of hydrogen-bond donors (Lipinski definition) is 0. The highest BCUT2D eigenvalue weighted by molar-refractivity contribution is 8.00. The summed E-state index contributed by atoms with van der Waals surface area (Å²) in [6, 6.07) is 20.7. The van der Waals surface area contributed by atoms with Crippen LogP contribution < -0.4 is 10.5 Å². The molecule has 7 heteroatoms. The summed E-state index contributed by atoms with van der Waals surface area (Å²) < 4.78 is 1.64. The molecule has 3 aromatic carbocycles. The fraction of sp³-hybridized carbons (Fsp3) is 0.160. The summed E-state index contributed by atoms with van der Waals surface area (Å²) in [7, 11) is 0. The van der Waals surface area contributed by atoms with E-state index < -0.39 is 0 Å². The van der Waals surface area contributed by atoms with Crippen LogP contribution in [0.15, 0.2) is 71.5 Å². The number of anilines is 1. The SMILES string of the molecule is Cc1ccccc1-n1c(C)nc2cc(N3C(=O)CSC3c3ccc(Cl)cc3)ccc2c1=O. The quantitative estimate of drug-likeness (QED) is 0.408. The number of fused-ring (bicyclic) bond motifs is 1. The standard InChI is InChI=1S/C25H20ClN3O2S/c1-15-5-3-4-6-22(15)28-16(2)27-21-13-19(11-12-20(21)24(28)31)29-23(30)14-32-25(29)17-7-9-18(26)10-8-17/h3-13,25H,14H2,1-2H3. The molecule has 4 aromatic rings. The number of benzene rings is 3. The van der Waals surface area contributed by atoms with Crippen molar-refractivity contribution in [2.24, 2.45) is 0 Å². The number of carbonyl (C=O) groups excluding carboxylic acids is 1. The second-order valence-corrected chi connectivity index (χ2v) is 9.27. The summed E-state index contributed by atoms with van der Waals surface area (Å²) >= 11 is 7.61. The number of nitrogens with zero attached hydrogens (tertiary/aromatic N) is 3.